The molecule has 1 aromatic carbocycles. The highest BCUT2D eigenvalue weighted by molar-refractivity contribution is 6.02. The van der Waals surface area contributed by atoms with Gasteiger partial charge in [0.25, 0.3) is 0 Å². The number of ether oxygens (including phenoxy) is 1. The summed E-state index contributed by atoms with van der Waals surface area (Å²) in [5, 5.41) is 2.72. The van der Waals surface area contributed by atoms with E-state index in [1.165, 1.54) is 0 Å². The smallest absolute Gasteiger partial charge is 0.333 e. The van der Waals surface area contributed by atoms with Crippen LogP contribution in [0.15, 0.2) is 30.3 Å². The van der Waals surface area contributed by atoms with E-state index in [0.717, 1.165) is 31.5 Å². The molecule has 1 fully saturated rings. The number of carbonyl (C=O) groups excluding carboxylic acids is 2. The Hall–Kier alpha value is -1.88. The lowest BCUT2D eigenvalue weighted by Gasteiger charge is -2.24. The number of rotatable bonds is 6. The fourth-order valence-electron chi connectivity index (χ4n) is 2.50. The molecule has 0 unspecified atom stereocenters. The first kappa shape index (κ1) is 15.5. The summed E-state index contributed by atoms with van der Waals surface area (Å²) in [5.41, 5.74) is 0.918. The van der Waals surface area contributed by atoms with Crippen molar-refractivity contribution in [2.75, 3.05) is 19.6 Å². The van der Waals surface area contributed by atoms with Gasteiger partial charge in [0.05, 0.1) is 0 Å². The number of likely N-dealkylation sites (N-methyl/N-ethyl adjacent to an activating group) is 1. The van der Waals surface area contributed by atoms with Gasteiger partial charge in [0, 0.05) is 6.54 Å². The lowest BCUT2D eigenvalue weighted by Crippen LogP contribution is -2.51. The average Bonchev–Trinajstić information content (AvgIpc) is 3.00. The Morgan fingerprint density at radius 3 is 2.52 bits per heavy atom. The Kier molecular flexibility index (Phi) is 5.75. The number of nitrogens with zero attached hydrogens (tertiary/aromatic N) is 1. The third kappa shape index (κ3) is 4.29. The van der Waals surface area contributed by atoms with Crippen LogP contribution in [0.4, 0.5) is 0 Å². The lowest BCUT2D eigenvalue weighted by molar-refractivity contribution is -0.155. The minimum Gasteiger partial charge on any atom is -0.459 e. The van der Waals surface area contributed by atoms with E-state index in [-0.39, 0.29) is 12.5 Å². The summed E-state index contributed by atoms with van der Waals surface area (Å²) in [6.07, 6.45) is 2.03. The highest BCUT2D eigenvalue weighted by Gasteiger charge is 2.35. The van der Waals surface area contributed by atoms with Gasteiger partial charge < -0.3 is 10.1 Å². The van der Waals surface area contributed by atoms with Crippen LogP contribution < -0.4 is 5.32 Å². The third-order valence-corrected chi connectivity index (χ3v) is 3.55. The van der Waals surface area contributed by atoms with Crippen molar-refractivity contribution in [3.05, 3.63) is 35.9 Å². The second kappa shape index (κ2) is 7.78. The Balaban J connectivity index is 1.98. The molecule has 0 spiro atoms. The molecule has 1 aliphatic rings. The minimum atomic E-state index is -0.823. The average molecular weight is 290 g/mol. The first-order valence-corrected chi connectivity index (χ1v) is 7.44. The van der Waals surface area contributed by atoms with Gasteiger partial charge in [0.15, 0.2) is 6.04 Å². The van der Waals surface area contributed by atoms with Crippen LogP contribution in [-0.4, -0.2) is 42.5 Å². The maximum atomic E-state index is 12.3. The molecule has 0 aromatic heterocycles. The van der Waals surface area contributed by atoms with Crippen LogP contribution in [0.2, 0.25) is 0 Å². The molecule has 1 atom stereocenters. The quantitative estimate of drug-likeness (QED) is 0.634. The summed E-state index contributed by atoms with van der Waals surface area (Å²) in [7, 11) is 0. The lowest BCUT2D eigenvalue weighted by atomic mass is 10.2. The second-order valence-electron chi connectivity index (χ2n) is 5.13. The molecule has 114 valence electrons. The molecule has 1 N–H and O–H groups in total. The summed E-state index contributed by atoms with van der Waals surface area (Å²) in [4.78, 5) is 26.3. The predicted octanol–water partition coefficient (Wildman–Crippen LogP) is 1.33. The van der Waals surface area contributed by atoms with Crippen LogP contribution in [0, 0.1) is 0 Å². The molecule has 5 heteroatoms. The van der Waals surface area contributed by atoms with E-state index in [0.29, 0.717) is 6.54 Å². The Morgan fingerprint density at radius 1 is 1.24 bits per heavy atom. The highest BCUT2D eigenvalue weighted by atomic mass is 16.5. The van der Waals surface area contributed by atoms with E-state index in [1.54, 1.807) is 0 Å². The molecule has 1 aromatic rings. The number of amides is 1. The van der Waals surface area contributed by atoms with E-state index >= 15 is 0 Å². The van der Waals surface area contributed by atoms with Gasteiger partial charge in [-0.1, -0.05) is 30.3 Å². The topological polar surface area (TPSA) is 58.6 Å². The number of likely N-dealkylation sites (tertiary alicyclic amines) is 1. The molecule has 0 saturated carbocycles. The molecule has 0 radical (unpaired) electrons. The Bertz CT molecular complexity index is 470. The fourth-order valence-corrected chi connectivity index (χ4v) is 2.50. The van der Waals surface area contributed by atoms with Gasteiger partial charge in [-0.3, -0.25) is 9.69 Å². The van der Waals surface area contributed by atoms with Gasteiger partial charge in [-0.2, -0.15) is 0 Å². The zero-order valence-corrected chi connectivity index (χ0v) is 12.4. The van der Waals surface area contributed by atoms with Crippen molar-refractivity contribution >= 4 is 11.9 Å². The zero-order chi connectivity index (χ0) is 15.1. The van der Waals surface area contributed by atoms with Crippen molar-refractivity contribution in [3.63, 3.8) is 0 Å². The van der Waals surface area contributed by atoms with E-state index in [1.807, 2.05) is 42.2 Å². The Labute approximate surface area is 125 Å². The fraction of sp³-hybridized carbons (Fsp3) is 0.500. The van der Waals surface area contributed by atoms with Crippen molar-refractivity contribution < 1.29 is 14.3 Å². The van der Waals surface area contributed by atoms with Gasteiger partial charge in [-0.15, -0.1) is 0 Å². The molecule has 1 aliphatic heterocycles. The van der Waals surface area contributed by atoms with Crippen molar-refractivity contribution in [1.82, 2.24) is 10.2 Å². The van der Waals surface area contributed by atoms with E-state index in [9.17, 15) is 9.59 Å². The molecule has 1 amide bonds. The van der Waals surface area contributed by atoms with Crippen LogP contribution in [0.3, 0.4) is 0 Å². The molecule has 0 aliphatic carbocycles. The van der Waals surface area contributed by atoms with Gasteiger partial charge in [0.2, 0.25) is 5.91 Å². The highest BCUT2D eigenvalue weighted by Crippen LogP contribution is 2.14. The maximum absolute atomic E-state index is 12.3. The SMILES string of the molecule is CCNC(=O)[C@@H](C(=O)OCc1ccccc1)N1CCCC1. The van der Waals surface area contributed by atoms with Gasteiger partial charge in [-0.25, -0.2) is 4.79 Å². The summed E-state index contributed by atoms with van der Waals surface area (Å²) in [6, 6.07) is 8.66. The third-order valence-electron chi connectivity index (χ3n) is 3.55. The van der Waals surface area contributed by atoms with Crippen LogP contribution >= 0.6 is 0 Å². The molecular formula is C16H22N2O3. The predicted molar refractivity (Wildman–Crippen MR) is 79.5 cm³/mol. The van der Waals surface area contributed by atoms with Crippen LogP contribution in [0.25, 0.3) is 0 Å². The standard InChI is InChI=1S/C16H22N2O3/c1-2-17-15(19)14(18-10-6-7-11-18)16(20)21-12-13-8-4-3-5-9-13/h3-5,8-9,14H,2,6-7,10-12H2,1H3,(H,17,19)/t14-/m0/s1. The zero-order valence-electron chi connectivity index (χ0n) is 12.4. The van der Waals surface area contributed by atoms with Gasteiger partial charge >= 0.3 is 5.97 Å². The van der Waals surface area contributed by atoms with E-state index in [2.05, 4.69) is 5.32 Å². The van der Waals surface area contributed by atoms with E-state index < -0.39 is 12.0 Å². The summed E-state index contributed by atoms with van der Waals surface area (Å²) >= 11 is 0. The van der Waals surface area contributed by atoms with Crippen LogP contribution in [-0.2, 0) is 20.9 Å². The summed E-state index contributed by atoms with van der Waals surface area (Å²) in [6.45, 7) is 4.08. The minimum absolute atomic E-state index is 0.198. The number of esters is 1. The molecule has 2 rings (SSSR count). The van der Waals surface area contributed by atoms with E-state index in [4.69, 9.17) is 4.74 Å². The number of carbonyl (C=O) groups is 2. The molecular weight excluding hydrogens is 268 g/mol. The normalized spacial score (nSPS) is 16.4. The number of hydrogen-bond acceptors (Lipinski definition) is 4. The summed E-state index contributed by atoms with van der Waals surface area (Å²) in [5.74, 6) is -0.732. The first-order valence-electron chi connectivity index (χ1n) is 7.44. The molecule has 21 heavy (non-hydrogen) atoms. The maximum Gasteiger partial charge on any atom is 0.333 e. The first-order chi connectivity index (χ1) is 10.2. The molecule has 5 nitrogen and oxygen atoms in total. The number of nitrogens with one attached hydrogen (secondary N) is 1. The second-order valence-corrected chi connectivity index (χ2v) is 5.13. The van der Waals surface area contributed by atoms with Crippen molar-refractivity contribution in [2.24, 2.45) is 0 Å². The van der Waals surface area contributed by atoms with Crippen molar-refractivity contribution in [1.29, 1.82) is 0 Å². The van der Waals surface area contributed by atoms with Gasteiger partial charge in [0.1, 0.15) is 6.61 Å². The molecule has 1 heterocycles. The van der Waals surface area contributed by atoms with Crippen LogP contribution in [0.1, 0.15) is 25.3 Å². The number of hydrogen-bond donors (Lipinski definition) is 1. The summed E-state index contributed by atoms with van der Waals surface area (Å²) < 4.78 is 5.33. The Morgan fingerprint density at radius 2 is 1.90 bits per heavy atom. The molecule has 0 bridgehead atoms. The number of benzene rings is 1. The van der Waals surface area contributed by atoms with Gasteiger partial charge in [-0.05, 0) is 38.4 Å². The largest absolute Gasteiger partial charge is 0.459 e. The van der Waals surface area contributed by atoms with Crippen molar-refractivity contribution in [3.8, 4) is 0 Å². The molecule has 1 saturated heterocycles. The van der Waals surface area contributed by atoms with Crippen LogP contribution in [0.5, 0.6) is 0 Å². The van der Waals surface area contributed by atoms with Crippen molar-refractivity contribution in [2.45, 2.75) is 32.4 Å². The monoisotopic (exact) mass is 290 g/mol.